The van der Waals surface area contributed by atoms with E-state index < -0.39 is 86.8 Å². The van der Waals surface area contributed by atoms with Crippen molar-refractivity contribution in [3.05, 3.63) is 0 Å². The van der Waals surface area contributed by atoms with Gasteiger partial charge in [0.05, 0.1) is 31.0 Å². The van der Waals surface area contributed by atoms with Crippen LogP contribution in [0.4, 0.5) is 0 Å². The van der Waals surface area contributed by atoms with Crippen LogP contribution in [0, 0.1) is 58.2 Å². The first-order valence-corrected chi connectivity index (χ1v) is 20.7. The zero-order valence-corrected chi connectivity index (χ0v) is 31.9. The number of ether oxygens (including phenoxy) is 5. The Hall–Kier alpha value is -0.520. The van der Waals surface area contributed by atoms with Gasteiger partial charge in [-0.2, -0.15) is 0 Å². The molecule has 53 heavy (non-hydrogen) atoms. The summed E-state index contributed by atoms with van der Waals surface area (Å²) >= 11 is 0. The molecule has 23 atom stereocenters. The van der Waals surface area contributed by atoms with Crippen LogP contribution in [0.15, 0.2) is 0 Å². The van der Waals surface area contributed by atoms with E-state index in [0.29, 0.717) is 59.7 Å². The average Bonchev–Trinajstić information content (AvgIpc) is 3.58. The van der Waals surface area contributed by atoms with E-state index >= 15 is 0 Å². The maximum absolute atomic E-state index is 11.7. The van der Waals surface area contributed by atoms with Gasteiger partial charge in [0.25, 0.3) is 0 Å². The lowest BCUT2D eigenvalue weighted by Crippen LogP contribution is -2.65. The van der Waals surface area contributed by atoms with Crippen LogP contribution in [0.2, 0.25) is 0 Å². The smallest absolute Gasteiger partial charge is 0.187 e. The number of rotatable bonds is 6. The van der Waals surface area contributed by atoms with E-state index in [4.69, 9.17) is 23.7 Å². The molecule has 0 aromatic carbocycles. The Morgan fingerprint density at radius 1 is 0.679 bits per heavy atom. The molecule has 3 saturated heterocycles. The van der Waals surface area contributed by atoms with Gasteiger partial charge in [0.2, 0.25) is 0 Å². The van der Waals surface area contributed by atoms with E-state index in [-0.39, 0.29) is 11.0 Å². The predicted molar refractivity (Wildman–Crippen MR) is 188 cm³/mol. The molecule has 0 unspecified atom stereocenters. The van der Waals surface area contributed by atoms with Crippen LogP contribution in [0.3, 0.4) is 0 Å². The van der Waals surface area contributed by atoms with Crippen molar-refractivity contribution in [2.75, 3.05) is 19.8 Å². The van der Waals surface area contributed by atoms with Gasteiger partial charge in [-0.05, 0) is 122 Å². The van der Waals surface area contributed by atoms with Crippen LogP contribution in [0.1, 0.15) is 91.9 Å². The summed E-state index contributed by atoms with van der Waals surface area (Å²) < 4.78 is 30.1. The second-order valence-electron chi connectivity index (χ2n) is 19.4. The highest BCUT2D eigenvalue weighted by Gasteiger charge is 2.68. The van der Waals surface area contributed by atoms with E-state index in [1.54, 1.807) is 0 Å². The molecule has 0 aromatic heterocycles. The number of aliphatic hydroxyl groups is 8. The van der Waals surface area contributed by atoms with Crippen molar-refractivity contribution in [3.63, 3.8) is 0 Å². The lowest BCUT2D eigenvalue weighted by Gasteiger charge is -2.62. The van der Waals surface area contributed by atoms with Crippen molar-refractivity contribution in [1.82, 2.24) is 0 Å². The highest BCUT2D eigenvalue weighted by atomic mass is 16.7. The highest BCUT2D eigenvalue weighted by molar-refractivity contribution is 5.17. The maximum Gasteiger partial charge on any atom is 0.187 e. The third-order valence-electron chi connectivity index (χ3n) is 16.9. The van der Waals surface area contributed by atoms with E-state index in [1.165, 1.54) is 44.9 Å². The molecular formula is C40H66O13. The minimum absolute atomic E-state index is 0.0415. The summed E-state index contributed by atoms with van der Waals surface area (Å²) in [5, 5.41) is 84.6. The van der Waals surface area contributed by atoms with Gasteiger partial charge in [0, 0.05) is 6.61 Å². The molecule has 8 aliphatic rings. The molecule has 0 amide bonds. The first-order valence-electron chi connectivity index (χ1n) is 20.7. The van der Waals surface area contributed by atoms with Gasteiger partial charge in [-0.1, -0.05) is 27.7 Å². The third-order valence-corrected chi connectivity index (χ3v) is 16.9. The minimum Gasteiger partial charge on any atom is -0.394 e. The molecule has 1 spiro atoms. The molecule has 8 rings (SSSR count). The number of aliphatic hydroxyl groups excluding tert-OH is 8. The Balaban J connectivity index is 0.912. The summed E-state index contributed by atoms with van der Waals surface area (Å²) in [6.07, 6.45) is -5.83. The zero-order chi connectivity index (χ0) is 37.8. The fraction of sp³-hybridized carbons (Fsp3) is 1.00. The van der Waals surface area contributed by atoms with Crippen LogP contribution < -0.4 is 0 Å². The predicted octanol–water partition coefficient (Wildman–Crippen LogP) is 1.08. The van der Waals surface area contributed by atoms with Gasteiger partial charge in [-0.15, -0.1) is 0 Å². The molecule has 8 fully saturated rings. The van der Waals surface area contributed by atoms with Crippen LogP contribution in [-0.2, 0) is 23.7 Å². The van der Waals surface area contributed by atoms with Crippen molar-refractivity contribution in [2.24, 2.45) is 58.2 Å². The molecule has 3 aliphatic heterocycles. The second-order valence-corrected chi connectivity index (χ2v) is 19.4. The molecule has 13 nitrogen and oxygen atoms in total. The van der Waals surface area contributed by atoms with Gasteiger partial charge in [0.1, 0.15) is 48.8 Å². The molecule has 3 heterocycles. The molecule has 0 radical (unpaired) electrons. The summed E-state index contributed by atoms with van der Waals surface area (Å²) in [4.78, 5) is 0. The first kappa shape index (κ1) is 39.3. The molecule has 5 saturated carbocycles. The monoisotopic (exact) mass is 754 g/mol. The molecule has 304 valence electrons. The lowest BCUT2D eigenvalue weighted by molar-refractivity contribution is -0.366. The largest absolute Gasteiger partial charge is 0.394 e. The maximum atomic E-state index is 11.7. The summed E-state index contributed by atoms with van der Waals surface area (Å²) in [7, 11) is 0. The fourth-order valence-electron chi connectivity index (χ4n) is 14.1. The topological polar surface area (TPSA) is 208 Å². The summed E-state index contributed by atoms with van der Waals surface area (Å²) in [6.45, 7) is 9.39. The lowest BCUT2D eigenvalue weighted by atomic mass is 9.44. The normalized spacial score (nSPS) is 59.5. The van der Waals surface area contributed by atoms with E-state index in [1.807, 2.05) is 0 Å². The first-order chi connectivity index (χ1) is 25.2. The minimum atomic E-state index is -1.74. The Morgan fingerprint density at radius 3 is 2.08 bits per heavy atom. The van der Waals surface area contributed by atoms with E-state index in [0.717, 1.165) is 18.9 Å². The Bertz CT molecular complexity index is 1290. The van der Waals surface area contributed by atoms with Crippen LogP contribution in [0.25, 0.3) is 0 Å². The van der Waals surface area contributed by atoms with Gasteiger partial charge in [-0.25, -0.2) is 0 Å². The number of fused-ring (bicyclic) bond motifs is 7. The molecule has 0 aromatic rings. The van der Waals surface area contributed by atoms with Crippen LogP contribution in [0.5, 0.6) is 0 Å². The van der Waals surface area contributed by atoms with E-state index in [9.17, 15) is 40.9 Å². The van der Waals surface area contributed by atoms with Crippen LogP contribution >= 0.6 is 0 Å². The average molecular weight is 755 g/mol. The zero-order valence-electron chi connectivity index (χ0n) is 31.9. The highest BCUT2D eigenvalue weighted by Crippen LogP contribution is 2.73. The second kappa shape index (κ2) is 14.4. The van der Waals surface area contributed by atoms with Gasteiger partial charge >= 0.3 is 0 Å². The van der Waals surface area contributed by atoms with Gasteiger partial charge in [0.15, 0.2) is 12.6 Å². The van der Waals surface area contributed by atoms with Crippen molar-refractivity contribution >= 4 is 0 Å². The third kappa shape index (κ3) is 6.21. The fourth-order valence-corrected chi connectivity index (χ4v) is 14.1. The van der Waals surface area contributed by atoms with Crippen molar-refractivity contribution in [3.8, 4) is 0 Å². The standard InChI is InChI=1S/C40H66O13/c1-18-7-10-40(49-17-18)13-20-11-24-22-6-5-21-12-26(25(43)14-39(21,4)23(22)8-9-38(24,3)29(20)19(40)2)50-36-34(48)32(46)35(28(16-42)52-36)53-37-33(47)31(45)30(44)27(15-41)51-37/h18-37,41-48H,5-17H2,1-4H3/t18-,19+,20-,21+,22-,23+,24+,25-,26-,27-,28-,29+,30-,31+,32-,33-,34-,35-,36-,37-,38+,39+,40-/m1/s1. The molecule has 5 aliphatic carbocycles. The quantitative estimate of drug-likeness (QED) is 0.179. The Morgan fingerprint density at radius 2 is 1.38 bits per heavy atom. The molecule has 0 bridgehead atoms. The molecular weight excluding hydrogens is 688 g/mol. The number of hydrogen-bond acceptors (Lipinski definition) is 13. The van der Waals surface area contributed by atoms with Gasteiger partial charge in [-0.3, -0.25) is 0 Å². The molecule has 8 N–H and O–H groups in total. The summed E-state index contributed by atoms with van der Waals surface area (Å²) in [5.74, 6) is 4.88. The van der Waals surface area contributed by atoms with Crippen LogP contribution in [-0.4, -0.2) is 140 Å². The Kier molecular flexibility index (Phi) is 10.7. The molecule has 13 heteroatoms. The van der Waals surface area contributed by atoms with Crippen molar-refractivity contribution < 1.29 is 64.5 Å². The summed E-state index contributed by atoms with van der Waals surface area (Å²) in [5.41, 5.74) is 0.353. The summed E-state index contributed by atoms with van der Waals surface area (Å²) in [6, 6.07) is 0. The van der Waals surface area contributed by atoms with Gasteiger partial charge < -0.3 is 64.5 Å². The van der Waals surface area contributed by atoms with E-state index in [2.05, 4.69) is 27.7 Å². The Labute approximate surface area is 313 Å². The number of hydrogen-bond donors (Lipinski definition) is 8. The van der Waals surface area contributed by atoms with Crippen molar-refractivity contribution in [2.45, 2.75) is 171 Å². The SMILES string of the molecule is C[C@@H]1CC[C@]2(C[C@H]3C[C@H]4[C@@H]5CC[C@H]6C[C@@H](O[C@@H]7O[C@H](CO)[C@@H](O[C@H]8O[C@H](CO)[C@@H](O)[C@H](O)[C@H]8O)[C@H](O)[C@H]7O)[C@H](O)C[C@]6(C)[C@H]5CC[C@]4(C)[C@H]3[C@@H]2C)OC1. The van der Waals surface area contributed by atoms with Crippen molar-refractivity contribution in [1.29, 1.82) is 0 Å².